The Morgan fingerprint density at radius 3 is 2.89 bits per heavy atom. The van der Waals surface area contributed by atoms with Crippen LogP contribution < -0.4 is 0 Å². The second-order valence-corrected chi connectivity index (χ2v) is 5.75. The SMILES string of the molecule is CCC1CN(Cc2cc(F)cc(Br)c2)CCC1=O. The highest BCUT2D eigenvalue weighted by atomic mass is 79.9. The van der Waals surface area contributed by atoms with E-state index in [1.807, 2.05) is 13.0 Å². The number of benzene rings is 1. The number of hydrogen-bond acceptors (Lipinski definition) is 2. The van der Waals surface area contributed by atoms with Gasteiger partial charge in [-0.25, -0.2) is 4.39 Å². The Labute approximate surface area is 115 Å². The summed E-state index contributed by atoms with van der Waals surface area (Å²) in [5.74, 6) is 0.296. The minimum absolute atomic E-state index is 0.149. The fraction of sp³-hybridized carbons (Fsp3) is 0.500. The number of piperidine rings is 1. The maximum absolute atomic E-state index is 13.3. The molecule has 4 heteroatoms. The lowest BCUT2D eigenvalue weighted by molar-refractivity contribution is -0.126. The van der Waals surface area contributed by atoms with Gasteiger partial charge in [-0.05, 0) is 30.2 Å². The zero-order chi connectivity index (χ0) is 13.1. The normalized spacial score (nSPS) is 21.3. The molecule has 1 aromatic rings. The van der Waals surface area contributed by atoms with Crippen molar-refractivity contribution in [2.75, 3.05) is 13.1 Å². The Morgan fingerprint density at radius 2 is 2.22 bits per heavy atom. The molecule has 0 saturated carbocycles. The quantitative estimate of drug-likeness (QED) is 0.852. The zero-order valence-electron chi connectivity index (χ0n) is 10.5. The van der Waals surface area contributed by atoms with Gasteiger partial charge in [-0.15, -0.1) is 0 Å². The summed E-state index contributed by atoms with van der Waals surface area (Å²) < 4.78 is 14.0. The van der Waals surface area contributed by atoms with Crippen molar-refractivity contribution in [3.8, 4) is 0 Å². The third-order valence-electron chi connectivity index (χ3n) is 3.43. The first kappa shape index (κ1) is 13.7. The summed E-state index contributed by atoms with van der Waals surface area (Å²) in [6.07, 6.45) is 1.51. The summed E-state index contributed by atoms with van der Waals surface area (Å²) >= 11 is 3.30. The molecule has 1 saturated heterocycles. The molecule has 1 aromatic carbocycles. The van der Waals surface area contributed by atoms with Crippen molar-refractivity contribution < 1.29 is 9.18 Å². The number of halogens is 2. The van der Waals surface area contributed by atoms with Crippen LogP contribution in [-0.2, 0) is 11.3 Å². The fourth-order valence-corrected chi connectivity index (χ4v) is 2.95. The number of Topliss-reactive ketones (excluding diaryl/α,β-unsaturated/α-hetero) is 1. The molecular formula is C14H17BrFNO. The van der Waals surface area contributed by atoms with Crippen LogP contribution >= 0.6 is 15.9 Å². The number of hydrogen-bond donors (Lipinski definition) is 0. The molecule has 1 aliphatic heterocycles. The maximum atomic E-state index is 13.3. The van der Waals surface area contributed by atoms with Crippen LogP contribution in [0.5, 0.6) is 0 Å². The summed E-state index contributed by atoms with van der Waals surface area (Å²) in [5.41, 5.74) is 0.950. The Kier molecular flexibility index (Phi) is 4.51. The fourth-order valence-electron chi connectivity index (χ4n) is 2.44. The van der Waals surface area contributed by atoms with Crippen LogP contribution in [0.25, 0.3) is 0 Å². The third-order valence-corrected chi connectivity index (χ3v) is 3.89. The molecule has 1 heterocycles. The van der Waals surface area contributed by atoms with Gasteiger partial charge in [-0.2, -0.15) is 0 Å². The van der Waals surface area contributed by atoms with Crippen LogP contribution in [0.2, 0.25) is 0 Å². The second kappa shape index (κ2) is 5.93. The minimum atomic E-state index is -0.223. The molecule has 1 unspecified atom stereocenters. The van der Waals surface area contributed by atoms with Crippen molar-refractivity contribution in [1.29, 1.82) is 0 Å². The zero-order valence-corrected chi connectivity index (χ0v) is 12.0. The summed E-state index contributed by atoms with van der Waals surface area (Å²) in [5, 5.41) is 0. The van der Waals surface area contributed by atoms with Crippen molar-refractivity contribution in [2.45, 2.75) is 26.3 Å². The number of ketones is 1. The maximum Gasteiger partial charge on any atom is 0.138 e. The van der Waals surface area contributed by atoms with Crippen molar-refractivity contribution in [3.63, 3.8) is 0 Å². The van der Waals surface area contributed by atoms with Crippen LogP contribution in [0, 0.1) is 11.7 Å². The Morgan fingerprint density at radius 1 is 1.44 bits per heavy atom. The van der Waals surface area contributed by atoms with E-state index in [1.165, 1.54) is 6.07 Å². The lowest BCUT2D eigenvalue weighted by Crippen LogP contribution is -2.40. The number of rotatable bonds is 3. The molecule has 1 aliphatic rings. The van der Waals surface area contributed by atoms with E-state index in [0.717, 1.165) is 29.5 Å². The standard InChI is InChI=1S/C14H17BrFNO/c1-2-11-9-17(4-3-14(11)18)8-10-5-12(15)7-13(16)6-10/h5-7,11H,2-4,8-9H2,1H3. The van der Waals surface area contributed by atoms with E-state index in [1.54, 1.807) is 6.07 Å². The third kappa shape index (κ3) is 3.39. The van der Waals surface area contributed by atoms with Crippen LogP contribution in [0.3, 0.4) is 0 Å². The van der Waals surface area contributed by atoms with E-state index >= 15 is 0 Å². The van der Waals surface area contributed by atoms with Gasteiger partial charge in [0, 0.05) is 36.4 Å². The molecule has 0 aromatic heterocycles. The van der Waals surface area contributed by atoms with Gasteiger partial charge in [-0.1, -0.05) is 22.9 Å². The molecule has 2 nitrogen and oxygen atoms in total. The van der Waals surface area contributed by atoms with E-state index in [-0.39, 0.29) is 11.7 Å². The molecule has 18 heavy (non-hydrogen) atoms. The average Bonchev–Trinajstić information content (AvgIpc) is 2.30. The average molecular weight is 314 g/mol. The van der Waals surface area contributed by atoms with Crippen LogP contribution in [0.1, 0.15) is 25.3 Å². The van der Waals surface area contributed by atoms with Crippen LogP contribution in [0.15, 0.2) is 22.7 Å². The van der Waals surface area contributed by atoms with Crippen LogP contribution in [0.4, 0.5) is 4.39 Å². The minimum Gasteiger partial charge on any atom is -0.299 e. The highest BCUT2D eigenvalue weighted by Crippen LogP contribution is 2.20. The molecule has 98 valence electrons. The van der Waals surface area contributed by atoms with Gasteiger partial charge in [0.1, 0.15) is 11.6 Å². The molecule has 0 bridgehead atoms. The largest absolute Gasteiger partial charge is 0.299 e. The second-order valence-electron chi connectivity index (χ2n) is 4.83. The van der Waals surface area contributed by atoms with Gasteiger partial charge in [0.2, 0.25) is 0 Å². The van der Waals surface area contributed by atoms with Crippen molar-refractivity contribution in [3.05, 3.63) is 34.1 Å². The first-order valence-electron chi connectivity index (χ1n) is 6.28. The van der Waals surface area contributed by atoms with Gasteiger partial charge in [0.05, 0.1) is 0 Å². The predicted molar refractivity (Wildman–Crippen MR) is 72.8 cm³/mol. The van der Waals surface area contributed by atoms with Crippen molar-refractivity contribution >= 4 is 21.7 Å². The van der Waals surface area contributed by atoms with Gasteiger partial charge in [0.25, 0.3) is 0 Å². The summed E-state index contributed by atoms with van der Waals surface area (Å²) in [4.78, 5) is 13.9. The molecule has 0 N–H and O–H groups in total. The molecule has 1 fully saturated rings. The van der Waals surface area contributed by atoms with E-state index in [9.17, 15) is 9.18 Å². The Bertz CT molecular complexity index is 429. The first-order chi connectivity index (χ1) is 8.58. The highest BCUT2D eigenvalue weighted by molar-refractivity contribution is 9.10. The summed E-state index contributed by atoms with van der Waals surface area (Å²) in [6.45, 7) is 4.33. The molecule has 0 radical (unpaired) electrons. The number of carbonyl (C=O) groups excluding carboxylic acids is 1. The van der Waals surface area contributed by atoms with Gasteiger partial charge in [-0.3, -0.25) is 9.69 Å². The topological polar surface area (TPSA) is 20.3 Å². The van der Waals surface area contributed by atoms with E-state index in [0.29, 0.717) is 18.7 Å². The van der Waals surface area contributed by atoms with Gasteiger partial charge in [0.15, 0.2) is 0 Å². The molecule has 1 atom stereocenters. The Balaban J connectivity index is 2.03. The predicted octanol–water partition coefficient (Wildman–Crippen LogP) is 3.39. The number of nitrogens with zero attached hydrogens (tertiary/aromatic N) is 1. The molecule has 0 aliphatic carbocycles. The first-order valence-corrected chi connectivity index (χ1v) is 7.08. The van der Waals surface area contributed by atoms with E-state index in [4.69, 9.17) is 0 Å². The van der Waals surface area contributed by atoms with Gasteiger partial charge >= 0.3 is 0 Å². The van der Waals surface area contributed by atoms with Gasteiger partial charge < -0.3 is 0 Å². The van der Waals surface area contributed by atoms with Crippen LogP contribution in [-0.4, -0.2) is 23.8 Å². The smallest absolute Gasteiger partial charge is 0.138 e. The summed E-state index contributed by atoms with van der Waals surface area (Å²) in [7, 11) is 0. The van der Waals surface area contributed by atoms with Crippen molar-refractivity contribution in [2.24, 2.45) is 5.92 Å². The molecule has 2 rings (SSSR count). The lowest BCUT2D eigenvalue weighted by atomic mass is 9.94. The van der Waals surface area contributed by atoms with E-state index in [2.05, 4.69) is 20.8 Å². The molecule has 0 spiro atoms. The van der Waals surface area contributed by atoms with E-state index < -0.39 is 0 Å². The molecule has 0 amide bonds. The van der Waals surface area contributed by atoms with Crippen molar-refractivity contribution in [1.82, 2.24) is 4.90 Å². The number of carbonyl (C=O) groups is 1. The number of likely N-dealkylation sites (tertiary alicyclic amines) is 1. The lowest BCUT2D eigenvalue weighted by Gasteiger charge is -2.31. The highest BCUT2D eigenvalue weighted by Gasteiger charge is 2.25. The monoisotopic (exact) mass is 313 g/mol. The Hall–Kier alpha value is -0.740. The summed E-state index contributed by atoms with van der Waals surface area (Å²) in [6, 6.07) is 4.95. The molecular weight excluding hydrogens is 297 g/mol.